The van der Waals surface area contributed by atoms with Crippen LogP contribution in [0.3, 0.4) is 0 Å². The van der Waals surface area contributed by atoms with Crippen molar-refractivity contribution in [1.29, 1.82) is 0 Å². The number of imide groups is 1. The molecule has 4 aliphatic rings. The van der Waals surface area contributed by atoms with Crippen LogP contribution in [-0.2, 0) is 16.2 Å². The van der Waals surface area contributed by atoms with Crippen molar-refractivity contribution in [2.24, 2.45) is 16.9 Å². The van der Waals surface area contributed by atoms with Crippen LogP contribution < -0.4 is 4.74 Å². The molecule has 5 nitrogen and oxygen atoms in total. The molecule has 0 N–H and O–H groups in total. The third-order valence-electron chi connectivity index (χ3n) is 7.88. The molecule has 3 aliphatic carbocycles. The molecule has 2 atom stereocenters. The number of benzene rings is 4. The summed E-state index contributed by atoms with van der Waals surface area (Å²) in [5, 5.41) is 5.50. The Morgan fingerprint density at radius 1 is 0.649 bits per heavy atom. The van der Waals surface area contributed by atoms with E-state index in [-0.39, 0.29) is 23.7 Å². The van der Waals surface area contributed by atoms with E-state index in [4.69, 9.17) is 4.74 Å². The van der Waals surface area contributed by atoms with Gasteiger partial charge in [-0.05, 0) is 57.6 Å². The lowest BCUT2D eigenvalue weighted by atomic mass is 9.55. The zero-order valence-corrected chi connectivity index (χ0v) is 20.0. The molecule has 0 radical (unpaired) electrons. The Kier molecular flexibility index (Phi) is 5.03. The van der Waals surface area contributed by atoms with Crippen LogP contribution in [-0.4, -0.2) is 23.0 Å². The van der Waals surface area contributed by atoms with E-state index in [0.717, 1.165) is 44.1 Å². The van der Waals surface area contributed by atoms with Crippen LogP contribution in [0.15, 0.2) is 108 Å². The number of rotatable bonds is 5. The van der Waals surface area contributed by atoms with E-state index in [1.807, 2.05) is 78.9 Å². The highest BCUT2D eigenvalue weighted by molar-refractivity contribution is 6.08. The fourth-order valence-electron chi connectivity index (χ4n) is 6.29. The third kappa shape index (κ3) is 3.42. The predicted molar refractivity (Wildman–Crippen MR) is 140 cm³/mol. The lowest BCUT2D eigenvalue weighted by Gasteiger charge is -2.45. The minimum atomic E-state index is -0.423. The van der Waals surface area contributed by atoms with E-state index in [0.29, 0.717) is 6.61 Å². The molecule has 37 heavy (non-hydrogen) atoms. The summed E-state index contributed by atoms with van der Waals surface area (Å²) in [6.07, 6.45) is 1.58. The fourth-order valence-corrected chi connectivity index (χ4v) is 6.29. The van der Waals surface area contributed by atoms with E-state index < -0.39 is 11.8 Å². The first-order chi connectivity index (χ1) is 18.2. The molecular weight excluding hydrogens is 460 g/mol. The Bertz CT molecular complexity index is 1430. The van der Waals surface area contributed by atoms with Crippen LogP contribution in [0, 0.1) is 11.8 Å². The second kappa shape index (κ2) is 8.56. The molecule has 0 unspecified atom stereocenters. The van der Waals surface area contributed by atoms with Crippen LogP contribution in [0.1, 0.15) is 45.2 Å². The third-order valence-corrected chi connectivity index (χ3v) is 7.88. The smallest absolute Gasteiger partial charge is 0.254 e. The second-order valence-corrected chi connectivity index (χ2v) is 9.84. The van der Waals surface area contributed by atoms with Gasteiger partial charge in [-0.25, -0.2) is 0 Å². The van der Waals surface area contributed by atoms with Gasteiger partial charge in [0.2, 0.25) is 0 Å². The number of amides is 2. The molecule has 2 bridgehead atoms. The SMILES string of the molecule is O=C1[C@@H]2C3c4ccccc4C(c4ccccc43)[C@@H]2C(=O)N1/N=C\c1ccc(OCc2ccccc2)cc1. The topological polar surface area (TPSA) is 59.0 Å². The van der Waals surface area contributed by atoms with Gasteiger partial charge in [0.05, 0.1) is 18.1 Å². The number of hydrazone groups is 1. The summed E-state index contributed by atoms with van der Waals surface area (Å²) in [6.45, 7) is 0.487. The van der Waals surface area contributed by atoms with Gasteiger partial charge >= 0.3 is 0 Å². The summed E-state index contributed by atoms with van der Waals surface area (Å²) in [5.41, 5.74) is 6.52. The summed E-state index contributed by atoms with van der Waals surface area (Å²) in [7, 11) is 0. The van der Waals surface area contributed by atoms with Crippen LogP contribution in [0.5, 0.6) is 5.75 Å². The Morgan fingerprint density at radius 2 is 1.14 bits per heavy atom. The molecule has 0 aromatic heterocycles. The summed E-state index contributed by atoms with van der Waals surface area (Å²) < 4.78 is 5.85. The largest absolute Gasteiger partial charge is 0.489 e. The van der Waals surface area contributed by atoms with E-state index in [2.05, 4.69) is 29.4 Å². The minimum Gasteiger partial charge on any atom is -0.489 e. The van der Waals surface area contributed by atoms with Crippen LogP contribution in [0.2, 0.25) is 0 Å². The van der Waals surface area contributed by atoms with Gasteiger partial charge in [-0.2, -0.15) is 10.1 Å². The highest BCUT2D eigenvalue weighted by Gasteiger charge is 2.61. The Hall–Kier alpha value is -4.51. The molecule has 180 valence electrons. The molecule has 1 saturated heterocycles. The monoisotopic (exact) mass is 484 g/mol. The number of hydrogen-bond donors (Lipinski definition) is 0. The highest BCUT2D eigenvalue weighted by Crippen LogP contribution is 2.60. The standard InChI is InChI=1S/C32H24N2O3/c35-31-29-27-23-10-4-5-11-24(23)28(26-13-7-6-12-25(26)27)30(29)32(36)34(31)33-18-20-14-16-22(17-15-20)37-19-21-8-2-1-3-9-21/h1-18,27-30H,19H2/b33-18-/t27?,28?,29-,30+. The summed E-state index contributed by atoms with van der Waals surface area (Å²) in [6, 6.07) is 33.9. The average Bonchev–Trinajstić information content (AvgIpc) is 3.21. The molecular formula is C32H24N2O3. The van der Waals surface area contributed by atoms with Crippen LogP contribution in [0.25, 0.3) is 0 Å². The fraction of sp³-hybridized carbons (Fsp3) is 0.156. The van der Waals surface area contributed by atoms with Crippen LogP contribution >= 0.6 is 0 Å². The van der Waals surface area contributed by atoms with Gasteiger partial charge in [-0.3, -0.25) is 9.59 Å². The molecule has 1 aliphatic heterocycles. The molecule has 4 aromatic rings. The van der Waals surface area contributed by atoms with Gasteiger partial charge in [-0.1, -0.05) is 78.9 Å². The maximum atomic E-state index is 13.6. The van der Waals surface area contributed by atoms with E-state index in [1.54, 1.807) is 6.21 Å². The lowest BCUT2D eigenvalue weighted by Crippen LogP contribution is -2.41. The predicted octanol–water partition coefficient (Wildman–Crippen LogP) is 5.49. The Labute approximate surface area is 215 Å². The van der Waals surface area contributed by atoms with Gasteiger partial charge in [0.15, 0.2) is 0 Å². The zero-order valence-electron chi connectivity index (χ0n) is 20.0. The second-order valence-electron chi connectivity index (χ2n) is 9.84. The van der Waals surface area contributed by atoms with Crippen molar-refractivity contribution in [1.82, 2.24) is 5.01 Å². The van der Waals surface area contributed by atoms with Gasteiger partial charge in [0, 0.05) is 11.8 Å². The van der Waals surface area contributed by atoms with Crippen molar-refractivity contribution in [3.05, 3.63) is 137 Å². The molecule has 0 saturated carbocycles. The lowest BCUT2D eigenvalue weighted by molar-refractivity contribution is -0.139. The molecule has 1 heterocycles. The van der Waals surface area contributed by atoms with Crippen molar-refractivity contribution in [3.63, 3.8) is 0 Å². The molecule has 0 spiro atoms. The van der Waals surface area contributed by atoms with E-state index in [9.17, 15) is 9.59 Å². The van der Waals surface area contributed by atoms with Gasteiger partial charge in [0.1, 0.15) is 12.4 Å². The number of carbonyl (C=O) groups is 2. The van der Waals surface area contributed by atoms with Crippen molar-refractivity contribution < 1.29 is 14.3 Å². The Morgan fingerprint density at radius 3 is 1.65 bits per heavy atom. The molecule has 5 heteroatoms. The van der Waals surface area contributed by atoms with Crippen molar-refractivity contribution >= 4 is 18.0 Å². The van der Waals surface area contributed by atoms with E-state index >= 15 is 0 Å². The number of nitrogens with zero attached hydrogens (tertiary/aromatic N) is 2. The summed E-state index contributed by atoms with van der Waals surface area (Å²) in [5.74, 6) is -0.782. The number of ether oxygens (including phenoxy) is 1. The van der Waals surface area contributed by atoms with E-state index in [1.165, 1.54) is 0 Å². The Balaban J connectivity index is 1.14. The minimum absolute atomic E-state index is 0.125. The maximum absolute atomic E-state index is 13.6. The summed E-state index contributed by atoms with van der Waals surface area (Å²) in [4.78, 5) is 27.3. The first-order valence-corrected chi connectivity index (χ1v) is 12.6. The molecule has 4 aromatic carbocycles. The zero-order chi connectivity index (χ0) is 24.9. The normalized spacial score (nSPS) is 23.2. The van der Waals surface area contributed by atoms with Gasteiger partial charge in [0.25, 0.3) is 11.8 Å². The van der Waals surface area contributed by atoms with Gasteiger partial charge < -0.3 is 4.74 Å². The number of hydrogen-bond acceptors (Lipinski definition) is 4. The quantitative estimate of drug-likeness (QED) is 0.278. The average molecular weight is 485 g/mol. The highest BCUT2D eigenvalue weighted by atomic mass is 16.5. The number of carbonyl (C=O) groups excluding carboxylic acids is 2. The van der Waals surface area contributed by atoms with Crippen molar-refractivity contribution in [3.8, 4) is 5.75 Å². The first kappa shape index (κ1) is 21.7. The van der Waals surface area contributed by atoms with Crippen molar-refractivity contribution in [2.45, 2.75) is 18.4 Å². The summed E-state index contributed by atoms with van der Waals surface area (Å²) >= 11 is 0. The molecule has 2 amide bonds. The first-order valence-electron chi connectivity index (χ1n) is 12.6. The van der Waals surface area contributed by atoms with Crippen LogP contribution in [0.4, 0.5) is 0 Å². The van der Waals surface area contributed by atoms with Gasteiger partial charge in [-0.15, -0.1) is 0 Å². The molecule has 1 fully saturated rings. The molecule has 8 rings (SSSR count). The van der Waals surface area contributed by atoms with Crippen molar-refractivity contribution in [2.75, 3.05) is 0 Å². The maximum Gasteiger partial charge on any atom is 0.254 e.